The van der Waals surface area contributed by atoms with Crippen molar-refractivity contribution >= 4 is 33.8 Å². The molecule has 0 fully saturated rings. The number of halogens is 2. The van der Waals surface area contributed by atoms with Crippen molar-refractivity contribution < 1.29 is 4.39 Å². The molecule has 0 radical (unpaired) electrons. The molecule has 3 aromatic rings. The van der Waals surface area contributed by atoms with E-state index in [0.717, 1.165) is 26.7 Å². The smallest absolute Gasteiger partial charge is 0.125 e. The summed E-state index contributed by atoms with van der Waals surface area (Å²) in [5.74, 6) is -0.207. The maximum absolute atomic E-state index is 13.2. The highest BCUT2D eigenvalue weighted by Gasteiger charge is 2.04. The molecule has 0 bridgehead atoms. The molecule has 0 unspecified atom stereocenters. The predicted octanol–water partition coefficient (Wildman–Crippen LogP) is 4.54. The Bertz CT molecular complexity index is 671. The fraction of sp³-hybridized carbons (Fsp3) is 0.0769. The van der Waals surface area contributed by atoms with Crippen LogP contribution in [0.4, 0.5) is 4.39 Å². The van der Waals surface area contributed by atoms with Crippen LogP contribution in [0.15, 0.2) is 42.6 Å². The third kappa shape index (κ3) is 2.08. The van der Waals surface area contributed by atoms with Crippen LogP contribution in [0.25, 0.3) is 10.9 Å². The largest absolute Gasteiger partial charge is 0.342 e. The molecule has 0 aliphatic carbocycles. The van der Waals surface area contributed by atoms with Crippen LogP contribution in [0.3, 0.4) is 0 Å². The fourth-order valence-corrected chi connectivity index (χ4v) is 2.99. The van der Waals surface area contributed by atoms with Gasteiger partial charge in [0.25, 0.3) is 0 Å². The van der Waals surface area contributed by atoms with Gasteiger partial charge in [0.2, 0.25) is 0 Å². The molecule has 0 saturated carbocycles. The quantitative estimate of drug-likeness (QED) is 0.641. The van der Waals surface area contributed by atoms with Crippen LogP contribution >= 0.6 is 22.9 Å². The lowest BCUT2D eigenvalue weighted by molar-refractivity contribution is 0.628. The second kappa shape index (κ2) is 4.17. The lowest BCUT2D eigenvalue weighted by Gasteiger charge is -2.03. The third-order valence-corrected chi connectivity index (χ3v) is 3.91. The zero-order valence-corrected chi connectivity index (χ0v) is 10.4. The normalized spacial score (nSPS) is 11.2. The highest BCUT2D eigenvalue weighted by Crippen LogP contribution is 2.24. The maximum atomic E-state index is 13.2. The first-order valence-corrected chi connectivity index (χ1v) is 6.40. The summed E-state index contributed by atoms with van der Waals surface area (Å²) in [6.45, 7) is 0.727. The Morgan fingerprint density at radius 1 is 1.18 bits per heavy atom. The van der Waals surface area contributed by atoms with Gasteiger partial charge in [0.15, 0.2) is 0 Å². The van der Waals surface area contributed by atoms with Gasteiger partial charge in [-0.05, 0) is 41.8 Å². The number of aromatic nitrogens is 1. The van der Waals surface area contributed by atoms with Crippen LogP contribution in [0.5, 0.6) is 0 Å². The minimum atomic E-state index is -0.207. The van der Waals surface area contributed by atoms with E-state index in [1.807, 2.05) is 29.0 Å². The van der Waals surface area contributed by atoms with Gasteiger partial charge < -0.3 is 4.57 Å². The molecule has 1 nitrogen and oxygen atoms in total. The minimum absolute atomic E-state index is 0.207. The van der Waals surface area contributed by atoms with Crippen LogP contribution in [0.1, 0.15) is 4.88 Å². The van der Waals surface area contributed by atoms with Crippen molar-refractivity contribution in [2.45, 2.75) is 6.54 Å². The van der Waals surface area contributed by atoms with Crippen LogP contribution in [0, 0.1) is 5.82 Å². The Labute approximate surface area is 107 Å². The van der Waals surface area contributed by atoms with Gasteiger partial charge in [0.1, 0.15) is 5.82 Å². The van der Waals surface area contributed by atoms with E-state index in [9.17, 15) is 4.39 Å². The van der Waals surface area contributed by atoms with Gasteiger partial charge in [-0.1, -0.05) is 11.6 Å². The lowest BCUT2D eigenvalue weighted by Crippen LogP contribution is -1.95. The van der Waals surface area contributed by atoms with E-state index >= 15 is 0 Å². The first kappa shape index (κ1) is 10.8. The molecule has 0 N–H and O–H groups in total. The van der Waals surface area contributed by atoms with Crippen molar-refractivity contribution in [2.75, 3.05) is 0 Å². The van der Waals surface area contributed by atoms with Crippen molar-refractivity contribution in [3.05, 3.63) is 57.6 Å². The summed E-state index contributed by atoms with van der Waals surface area (Å²) in [6.07, 6.45) is 1.97. The van der Waals surface area contributed by atoms with Crippen molar-refractivity contribution in [3.8, 4) is 0 Å². The van der Waals surface area contributed by atoms with Gasteiger partial charge in [-0.3, -0.25) is 0 Å². The highest BCUT2D eigenvalue weighted by molar-refractivity contribution is 7.16. The Balaban J connectivity index is 2.03. The van der Waals surface area contributed by atoms with Crippen LogP contribution in [-0.4, -0.2) is 4.57 Å². The van der Waals surface area contributed by atoms with Crippen LogP contribution in [0.2, 0.25) is 4.34 Å². The highest BCUT2D eigenvalue weighted by atomic mass is 35.5. The van der Waals surface area contributed by atoms with Crippen LogP contribution < -0.4 is 0 Å². The lowest BCUT2D eigenvalue weighted by atomic mass is 10.2. The number of fused-ring (bicyclic) bond motifs is 1. The molecular weight excluding hydrogens is 257 g/mol. The SMILES string of the molecule is Fc1ccc2ccn(Cc3ccc(Cl)s3)c2c1. The number of hydrogen-bond acceptors (Lipinski definition) is 1. The monoisotopic (exact) mass is 265 g/mol. The van der Waals surface area contributed by atoms with Gasteiger partial charge >= 0.3 is 0 Å². The molecule has 0 aliphatic heterocycles. The molecule has 86 valence electrons. The molecule has 2 heterocycles. The molecule has 0 atom stereocenters. The molecule has 2 aromatic heterocycles. The van der Waals surface area contributed by atoms with Crippen molar-refractivity contribution in [2.24, 2.45) is 0 Å². The summed E-state index contributed by atoms with van der Waals surface area (Å²) in [5, 5.41) is 1.05. The molecule has 4 heteroatoms. The minimum Gasteiger partial charge on any atom is -0.342 e. The van der Waals surface area contributed by atoms with Gasteiger partial charge in [-0.2, -0.15) is 0 Å². The molecule has 0 saturated heterocycles. The Morgan fingerprint density at radius 3 is 2.82 bits per heavy atom. The topological polar surface area (TPSA) is 4.93 Å². The molecule has 1 aromatic carbocycles. The Kier molecular flexibility index (Phi) is 2.65. The summed E-state index contributed by atoms with van der Waals surface area (Å²) in [5.41, 5.74) is 0.912. The van der Waals surface area contributed by atoms with Gasteiger partial charge in [-0.15, -0.1) is 11.3 Å². The van der Waals surface area contributed by atoms with Gasteiger partial charge in [0.05, 0.1) is 16.4 Å². The molecular formula is C13H9ClFNS. The summed E-state index contributed by atoms with van der Waals surface area (Å²) in [4.78, 5) is 1.16. The van der Waals surface area contributed by atoms with E-state index in [0.29, 0.717) is 0 Å². The molecule has 3 rings (SSSR count). The zero-order valence-electron chi connectivity index (χ0n) is 8.86. The second-order valence-electron chi connectivity index (χ2n) is 3.85. The van der Waals surface area contributed by atoms with Gasteiger partial charge in [-0.25, -0.2) is 4.39 Å². The molecule has 0 amide bonds. The van der Waals surface area contributed by atoms with Crippen molar-refractivity contribution in [1.82, 2.24) is 4.57 Å². The average Bonchev–Trinajstić information content (AvgIpc) is 2.87. The average molecular weight is 266 g/mol. The number of hydrogen-bond donors (Lipinski definition) is 0. The first-order chi connectivity index (χ1) is 8.22. The first-order valence-electron chi connectivity index (χ1n) is 5.21. The maximum Gasteiger partial charge on any atom is 0.125 e. The van der Waals surface area contributed by atoms with E-state index in [4.69, 9.17) is 11.6 Å². The van der Waals surface area contributed by atoms with E-state index in [-0.39, 0.29) is 5.82 Å². The predicted molar refractivity (Wildman–Crippen MR) is 70.3 cm³/mol. The molecule has 17 heavy (non-hydrogen) atoms. The van der Waals surface area contributed by atoms with E-state index in [1.54, 1.807) is 23.5 Å². The van der Waals surface area contributed by atoms with Crippen LogP contribution in [-0.2, 0) is 6.54 Å². The van der Waals surface area contributed by atoms with Crippen molar-refractivity contribution in [1.29, 1.82) is 0 Å². The number of thiophene rings is 1. The van der Waals surface area contributed by atoms with Crippen molar-refractivity contribution in [3.63, 3.8) is 0 Å². The standard InChI is InChI=1S/C13H9ClFNS/c14-13-4-3-11(17-13)8-16-6-5-9-1-2-10(15)7-12(9)16/h1-7H,8H2. The van der Waals surface area contributed by atoms with E-state index < -0.39 is 0 Å². The summed E-state index contributed by atoms with van der Waals surface area (Å²) >= 11 is 7.44. The fourth-order valence-electron chi connectivity index (χ4n) is 1.90. The summed E-state index contributed by atoms with van der Waals surface area (Å²) < 4.78 is 16.0. The summed E-state index contributed by atoms with van der Waals surface area (Å²) in [7, 11) is 0. The molecule has 0 spiro atoms. The molecule has 0 aliphatic rings. The third-order valence-electron chi connectivity index (χ3n) is 2.69. The Morgan fingerprint density at radius 2 is 2.06 bits per heavy atom. The van der Waals surface area contributed by atoms with Gasteiger partial charge in [0, 0.05) is 11.1 Å². The number of benzene rings is 1. The zero-order chi connectivity index (χ0) is 11.8. The second-order valence-corrected chi connectivity index (χ2v) is 5.65. The van der Waals surface area contributed by atoms with E-state index in [1.165, 1.54) is 6.07 Å². The number of rotatable bonds is 2. The number of nitrogens with zero attached hydrogens (tertiary/aromatic N) is 1. The van der Waals surface area contributed by atoms with E-state index in [2.05, 4.69) is 0 Å². The summed E-state index contributed by atoms with van der Waals surface area (Å²) in [6, 6.07) is 10.7. The Hall–Kier alpha value is -1.32.